The molecular formula is C30H38N2O4. The van der Waals surface area contributed by atoms with Gasteiger partial charge in [-0.2, -0.15) is 0 Å². The van der Waals surface area contributed by atoms with E-state index < -0.39 is 17.2 Å². The minimum Gasteiger partial charge on any atom is -0.478 e. The van der Waals surface area contributed by atoms with Crippen LogP contribution in [-0.4, -0.2) is 32.7 Å². The zero-order valence-corrected chi connectivity index (χ0v) is 22.8. The minimum atomic E-state index is -1.99. The summed E-state index contributed by atoms with van der Waals surface area (Å²) in [5.41, 5.74) is 2.71. The number of carboxylic acid groups (broad SMARTS) is 1. The normalized spacial score (nSPS) is 15.2. The molecule has 0 spiro atoms. The van der Waals surface area contributed by atoms with Crippen molar-refractivity contribution >= 4 is 5.97 Å². The molecule has 1 heterocycles. The zero-order chi connectivity index (χ0) is 27.7. The summed E-state index contributed by atoms with van der Waals surface area (Å²) in [7, 11) is 0. The number of aliphatic carboxylic acids is 1. The van der Waals surface area contributed by atoms with Crippen molar-refractivity contribution in [2.45, 2.75) is 86.0 Å². The Bertz CT molecular complexity index is 1320. The molecular weight excluding hydrogens is 452 g/mol. The molecule has 0 radical (unpaired) electrons. The second-order valence-corrected chi connectivity index (χ2v) is 9.85. The summed E-state index contributed by atoms with van der Waals surface area (Å²) in [6.07, 6.45) is 0.137. The highest BCUT2D eigenvalue weighted by molar-refractivity contribution is 5.81. The van der Waals surface area contributed by atoms with Crippen molar-refractivity contribution in [3.05, 3.63) is 87.2 Å². The quantitative estimate of drug-likeness (QED) is 0.385. The lowest BCUT2D eigenvalue weighted by Gasteiger charge is -2.47. The first-order chi connectivity index (χ1) is 17.3. The van der Waals surface area contributed by atoms with Gasteiger partial charge in [0, 0.05) is 11.4 Å². The zero-order valence-electron chi connectivity index (χ0n) is 23.8. The van der Waals surface area contributed by atoms with Crippen LogP contribution in [0.25, 0.3) is 0 Å². The first-order valence-electron chi connectivity index (χ1n) is 12.9. The van der Waals surface area contributed by atoms with Crippen molar-refractivity contribution in [1.82, 2.24) is 9.97 Å². The van der Waals surface area contributed by atoms with Crippen LogP contribution in [0.15, 0.2) is 42.4 Å². The van der Waals surface area contributed by atoms with Crippen LogP contribution in [0.5, 0.6) is 6.01 Å². The molecule has 2 atom stereocenters. The predicted molar refractivity (Wildman–Crippen MR) is 142 cm³/mol. The molecule has 0 aliphatic rings. The highest BCUT2D eigenvalue weighted by Gasteiger charge is 2.61. The SMILES string of the molecule is [2H]c1c(C)nc(O[C@](C)(C(=O)O)C(OC(C)C)(c2ccc(C)c(C)c2)c2cccc(C)c2C)nc1CC. The molecule has 0 saturated carbocycles. The van der Waals surface area contributed by atoms with Gasteiger partial charge in [-0.3, -0.25) is 0 Å². The average molecular weight is 492 g/mol. The third-order valence-corrected chi connectivity index (χ3v) is 6.84. The summed E-state index contributed by atoms with van der Waals surface area (Å²) in [6, 6.07) is 11.8. The molecule has 6 nitrogen and oxygen atoms in total. The van der Waals surface area contributed by atoms with E-state index in [1.165, 1.54) is 6.92 Å². The van der Waals surface area contributed by atoms with E-state index in [9.17, 15) is 9.90 Å². The van der Waals surface area contributed by atoms with Crippen LogP contribution in [0.2, 0.25) is 0 Å². The molecule has 1 N–H and O–H groups in total. The number of rotatable bonds is 9. The van der Waals surface area contributed by atoms with Gasteiger partial charge in [0.25, 0.3) is 0 Å². The summed E-state index contributed by atoms with van der Waals surface area (Å²) >= 11 is 0. The van der Waals surface area contributed by atoms with Crippen molar-refractivity contribution in [2.75, 3.05) is 0 Å². The first-order valence-corrected chi connectivity index (χ1v) is 12.4. The van der Waals surface area contributed by atoms with Gasteiger partial charge in [-0.25, -0.2) is 14.8 Å². The summed E-state index contributed by atoms with van der Waals surface area (Å²) in [4.78, 5) is 22.1. The molecule has 3 aromatic rings. The van der Waals surface area contributed by atoms with E-state index in [-0.39, 0.29) is 18.2 Å². The van der Waals surface area contributed by atoms with Crippen molar-refractivity contribution in [2.24, 2.45) is 0 Å². The molecule has 0 aliphatic carbocycles. The van der Waals surface area contributed by atoms with Gasteiger partial charge in [0.2, 0.25) is 5.60 Å². The molecule has 0 aliphatic heterocycles. The summed E-state index contributed by atoms with van der Waals surface area (Å²) in [5.74, 6) is -1.22. The maximum Gasteiger partial charge on any atom is 0.351 e. The summed E-state index contributed by atoms with van der Waals surface area (Å²) < 4.78 is 21.4. The number of aromatic nitrogens is 2. The molecule has 6 heteroatoms. The van der Waals surface area contributed by atoms with Gasteiger partial charge in [0.1, 0.15) is 0 Å². The second kappa shape index (κ2) is 10.4. The van der Waals surface area contributed by atoms with E-state index in [1.54, 1.807) is 6.92 Å². The Hall–Kier alpha value is -3.25. The van der Waals surface area contributed by atoms with Crippen molar-refractivity contribution in [1.29, 1.82) is 0 Å². The molecule has 0 fully saturated rings. The molecule has 2 aromatic carbocycles. The first kappa shape index (κ1) is 25.8. The molecule has 1 unspecified atom stereocenters. The Morgan fingerprint density at radius 1 is 1.06 bits per heavy atom. The second-order valence-electron chi connectivity index (χ2n) is 9.85. The topological polar surface area (TPSA) is 81.5 Å². The van der Waals surface area contributed by atoms with Gasteiger partial charge >= 0.3 is 12.0 Å². The molecule has 1 aromatic heterocycles. The number of hydrogen-bond acceptors (Lipinski definition) is 5. The number of nitrogens with zero attached hydrogens (tertiary/aromatic N) is 2. The molecule has 0 saturated heterocycles. The molecule has 3 rings (SSSR count). The lowest BCUT2D eigenvalue weighted by atomic mass is 9.70. The number of hydrogen-bond donors (Lipinski definition) is 1. The monoisotopic (exact) mass is 491 g/mol. The molecule has 36 heavy (non-hydrogen) atoms. The molecule has 192 valence electrons. The Kier molecular flexibility index (Phi) is 7.46. The Morgan fingerprint density at radius 3 is 2.33 bits per heavy atom. The fraction of sp³-hybridized carbons (Fsp3) is 0.433. The number of aryl methyl sites for hydroxylation is 5. The highest BCUT2D eigenvalue weighted by atomic mass is 16.6. The highest BCUT2D eigenvalue weighted by Crippen LogP contribution is 2.48. The van der Waals surface area contributed by atoms with Crippen molar-refractivity contribution < 1.29 is 20.7 Å². The smallest absolute Gasteiger partial charge is 0.351 e. The Labute approximate surface area is 216 Å². The maximum absolute atomic E-state index is 13.4. The van der Waals surface area contributed by atoms with Gasteiger partial charge < -0.3 is 14.6 Å². The van der Waals surface area contributed by atoms with Gasteiger partial charge in [-0.1, -0.05) is 43.3 Å². The lowest BCUT2D eigenvalue weighted by Crippen LogP contribution is -2.62. The number of benzene rings is 2. The van der Waals surface area contributed by atoms with Gasteiger partial charge in [0.05, 0.1) is 7.47 Å². The van der Waals surface area contributed by atoms with E-state index in [1.807, 2.05) is 84.9 Å². The van der Waals surface area contributed by atoms with Crippen molar-refractivity contribution in [3.8, 4) is 6.01 Å². The van der Waals surface area contributed by atoms with Crippen LogP contribution < -0.4 is 4.74 Å². The van der Waals surface area contributed by atoms with Crippen LogP contribution >= 0.6 is 0 Å². The minimum absolute atomic E-state index is 0.0962. The van der Waals surface area contributed by atoms with Crippen molar-refractivity contribution in [3.63, 3.8) is 0 Å². The number of carbonyl (C=O) groups is 1. The van der Waals surface area contributed by atoms with Gasteiger partial charge in [0.15, 0.2) is 5.60 Å². The number of carboxylic acids is 1. The van der Waals surface area contributed by atoms with E-state index in [0.29, 0.717) is 28.9 Å². The standard InChI is InChI=1S/C30H38N2O4/c1-10-25-17-22(7)31-28(32-25)36-29(9,27(33)34)30(35-18(2)3,24-15-14-19(4)21(6)16-24)26-13-11-12-20(5)23(26)8/h11-18H,10H2,1-9H3,(H,33,34)/t29-,30?/m1/s1/i17D. The predicted octanol–water partition coefficient (Wildman–Crippen LogP) is 6.17. The summed E-state index contributed by atoms with van der Waals surface area (Å²) in [5, 5.41) is 10.9. The van der Waals surface area contributed by atoms with Crippen LogP contribution in [0.1, 0.15) is 73.8 Å². The third-order valence-electron chi connectivity index (χ3n) is 6.84. The third kappa shape index (κ3) is 4.87. The van der Waals surface area contributed by atoms with Gasteiger partial charge in [-0.05, 0) is 101 Å². The fourth-order valence-corrected chi connectivity index (χ4v) is 4.59. The summed E-state index contributed by atoms with van der Waals surface area (Å²) in [6.45, 7) is 16.8. The Balaban J connectivity index is 2.47. The Morgan fingerprint density at radius 2 is 1.75 bits per heavy atom. The van der Waals surface area contributed by atoms with E-state index in [2.05, 4.69) is 9.97 Å². The van der Waals surface area contributed by atoms with Crippen LogP contribution in [0, 0.1) is 34.6 Å². The van der Waals surface area contributed by atoms with E-state index >= 15 is 0 Å². The number of ether oxygens (including phenoxy) is 2. The lowest BCUT2D eigenvalue weighted by molar-refractivity contribution is -0.196. The van der Waals surface area contributed by atoms with Crippen LogP contribution in [0.3, 0.4) is 0 Å². The van der Waals surface area contributed by atoms with Crippen LogP contribution in [-0.2, 0) is 21.6 Å². The van der Waals surface area contributed by atoms with Gasteiger partial charge in [-0.15, -0.1) is 0 Å². The molecule has 0 bridgehead atoms. The largest absolute Gasteiger partial charge is 0.478 e. The fourth-order valence-electron chi connectivity index (χ4n) is 4.59. The van der Waals surface area contributed by atoms with E-state index in [4.69, 9.17) is 10.8 Å². The molecule has 0 amide bonds. The van der Waals surface area contributed by atoms with E-state index in [0.717, 1.165) is 22.3 Å². The van der Waals surface area contributed by atoms with Crippen LogP contribution in [0.4, 0.5) is 0 Å². The maximum atomic E-state index is 13.4. The average Bonchev–Trinajstić information content (AvgIpc) is 2.83.